The maximum absolute atomic E-state index is 13.3. The van der Waals surface area contributed by atoms with Crippen LogP contribution in [0.2, 0.25) is 0 Å². The predicted octanol–water partition coefficient (Wildman–Crippen LogP) is 3.21. The maximum atomic E-state index is 13.3. The number of carbonyl (C=O) groups excluding carboxylic acids is 2. The average molecular weight is 373 g/mol. The Hall–Kier alpha value is -1.88. The van der Waals surface area contributed by atoms with E-state index in [1.807, 2.05) is 51.1 Å². The SMILES string of the molecule is COC(=O)[C@@H](NC1(C(=O)NC(C)(C)C)CC2C(C1)C2(C)C)c1ccccc1. The van der Waals surface area contributed by atoms with Crippen LogP contribution in [0, 0.1) is 17.3 Å². The minimum atomic E-state index is -0.757. The van der Waals surface area contributed by atoms with Crippen molar-refractivity contribution in [3.8, 4) is 0 Å². The minimum absolute atomic E-state index is 0.0252. The highest BCUT2D eigenvalue weighted by Crippen LogP contribution is 2.69. The monoisotopic (exact) mass is 372 g/mol. The molecular formula is C22H32N2O3. The third kappa shape index (κ3) is 3.75. The largest absolute Gasteiger partial charge is 0.468 e. The van der Waals surface area contributed by atoms with Crippen LogP contribution in [0.1, 0.15) is 59.1 Å². The topological polar surface area (TPSA) is 67.4 Å². The molecule has 1 aromatic carbocycles. The summed E-state index contributed by atoms with van der Waals surface area (Å²) < 4.78 is 5.05. The van der Waals surface area contributed by atoms with Crippen LogP contribution >= 0.6 is 0 Å². The van der Waals surface area contributed by atoms with Crippen LogP contribution < -0.4 is 10.6 Å². The van der Waals surface area contributed by atoms with Crippen molar-refractivity contribution in [2.75, 3.05) is 7.11 Å². The van der Waals surface area contributed by atoms with Gasteiger partial charge in [0, 0.05) is 5.54 Å². The Bertz CT molecular complexity index is 707. The summed E-state index contributed by atoms with van der Waals surface area (Å²) in [6.07, 6.45) is 1.49. The predicted molar refractivity (Wildman–Crippen MR) is 105 cm³/mol. The zero-order valence-electron chi connectivity index (χ0n) is 17.3. The molecule has 3 rings (SSSR count). The van der Waals surface area contributed by atoms with Gasteiger partial charge in [0.15, 0.2) is 0 Å². The molecule has 1 aromatic rings. The Morgan fingerprint density at radius 1 is 1.11 bits per heavy atom. The molecule has 148 valence electrons. The molecule has 5 nitrogen and oxygen atoms in total. The summed E-state index contributed by atoms with van der Waals surface area (Å²) in [4.78, 5) is 25.9. The molecule has 0 radical (unpaired) electrons. The normalized spacial score (nSPS) is 29.6. The number of amides is 1. The number of methoxy groups -OCH3 is 1. The van der Waals surface area contributed by atoms with Crippen LogP contribution in [0.5, 0.6) is 0 Å². The molecule has 0 heterocycles. The Morgan fingerprint density at radius 2 is 1.67 bits per heavy atom. The number of fused-ring (bicyclic) bond motifs is 1. The number of rotatable bonds is 5. The fourth-order valence-corrected chi connectivity index (χ4v) is 4.65. The van der Waals surface area contributed by atoms with Gasteiger partial charge in [0.2, 0.25) is 5.91 Å². The first kappa shape index (κ1) is 19.9. The van der Waals surface area contributed by atoms with E-state index in [0.29, 0.717) is 11.8 Å². The van der Waals surface area contributed by atoms with Crippen LogP contribution in [0.15, 0.2) is 30.3 Å². The first-order chi connectivity index (χ1) is 12.5. The Labute approximate surface area is 162 Å². The number of hydrogen-bond acceptors (Lipinski definition) is 4. The highest BCUT2D eigenvalue weighted by atomic mass is 16.5. The highest BCUT2D eigenvalue weighted by Gasteiger charge is 2.68. The first-order valence-electron chi connectivity index (χ1n) is 9.73. The van der Waals surface area contributed by atoms with Crippen molar-refractivity contribution in [1.82, 2.24) is 10.6 Å². The number of nitrogens with one attached hydrogen (secondary N) is 2. The molecule has 27 heavy (non-hydrogen) atoms. The molecule has 2 N–H and O–H groups in total. The first-order valence-corrected chi connectivity index (χ1v) is 9.73. The summed E-state index contributed by atoms with van der Waals surface area (Å²) in [6.45, 7) is 10.5. The zero-order chi connectivity index (χ0) is 20.0. The van der Waals surface area contributed by atoms with Gasteiger partial charge < -0.3 is 10.1 Å². The summed E-state index contributed by atoms with van der Waals surface area (Å²) in [5.74, 6) is 0.612. The van der Waals surface area contributed by atoms with E-state index in [1.54, 1.807) is 0 Å². The van der Waals surface area contributed by atoms with Crippen molar-refractivity contribution in [1.29, 1.82) is 0 Å². The summed E-state index contributed by atoms with van der Waals surface area (Å²) in [7, 11) is 1.39. The van der Waals surface area contributed by atoms with Gasteiger partial charge in [0.1, 0.15) is 6.04 Å². The van der Waals surface area contributed by atoms with E-state index in [0.717, 1.165) is 18.4 Å². The molecule has 0 aliphatic heterocycles. The molecule has 3 atom stereocenters. The number of hydrogen-bond donors (Lipinski definition) is 2. The molecule has 2 aliphatic carbocycles. The van der Waals surface area contributed by atoms with E-state index in [4.69, 9.17) is 4.74 Å². The second kappa shape index (κ2) is 6.62. The maximum Gasteiger partial charge on any atom is 0.327 e. The van der Waals surface area contributed by atoms with Crippen molar-refractivity contribution < 1.29 is 14.3 Å². The third-order valence-electron chi connectivity index (χ3n) is 6.34. The molecule has 1 amide bonds. The van der Waals surface area contributed by atoms with Gasteiger partial charge in [-0.25, -0.2) is 4.79 Å². The second-order valence-electron chi connectivity index (χ2n) is 9.74. The smallest absolute Gasteiger partial charge is 0.327 e. The Morgan fingerprint density at radius 3 is 2.15 bits per heavy atom. The number of ether oxygens (including phenoxy) is 1. The Balaban J connectivity index is 1.91. The van der Waals surface area contributed by atoms with E-state index >= 15 is 0 Å². The van der Waals surface area contributed by atoms with Crippen molar-refractivity contribution >= 4 is 11.9 Å². The summed E-state index contributed by atoms with van der Waals surface area (Å²) >= 11 is 0. The lowest BCUT2D eigenvalue weighted by Gasteiger charge is -2.38. The molecule has 5 heteroatoms. The van der Waals surface area contributed by atoms with Crippen LogP contribution in [0.25, 0.3) is 0 Å². The van der Waals surface area contributed by atoms with Gasteiger partial charge in [0.05, 0.1) is 12.6 Å². The Kier molecular flexibility index (Phi) is 4.87. The van der Waals surface area contributed by atoms with E-state index < -0.39 is 11.6 Å². The quantitative estimate of drug-likeness (QED) is 0.779. The van der Waals surface area contributed by atoms with E-state index in [9.17, 15) is 9.59 Å². The van der Waals surface area contributed by atoms with Gasteiger partial charge in [-0.3, -0.25) is 10.1 Å². The zero-order valence-corrected chi connectivity index (χ0v) is 17.3. The van der Waals surface area contributed by atoms with Gasteiger partial charge in [-0.2, -0.15) is 0 Å². The van der Waals surface area contributed by atoms with Crippen LogP contribution in [-0.2, 0) is 14.3 Å². The summed E-state index contributed by atoms with van der Waals surface area (Å²) in [5.41, 5.74) is 0.00173. The molecule has 0 bridgehead atoms. The second-order valence-corrected chi connectivity index (χ2v) is 9.74. The molecule has 2 unspecified atom stereocenters. The standard InChI is InChI=1S/C22H32N2O3/c1-20(2,3)24-19(26)22(12-15-16(13-22)21(15,4)5)23-17(18(25)27-6)14-10-8-7-9-11-14/h7-11,15-17,23H,12-13H2,1-6H3,(H,24,26)/t15?,16?,17-,22?/m0/s1. The molecule has 0 saturated heterocycles. The third-order valence-corrected chi connectivity index (χ3v) is 6.34. The lowest BCUT2D eigenvalue weighted by atomic mass is 9.83. The minimum Gasteiger partial charge on any atom is -0.468 e. The number of esters is 1. The van der Waals surface area contributed by atoms with E-state index in [-0.39, 0.29) is 22.8 Å². The molecule has 2 fully saturated rings. The molecule has 2 aliphatic rings. The van der Waals surface area contributed by atoms with Crippen molar-refractivity contribution in [2.24, 2.45) is 17.3 Å². The van der Waals surface area contributed by atoms with Gasteiger partial charge in [-0.1, -0.05) is 44.2 Å². The highest BCUT2D eigenvalue weighted by molar-refractivity contribution is 5.89. The van der Waals surface area contributed by atoms with Gasteiger partial charge in [0.25, 0.3) is 0 Å². The van der Waals surface area contributed by atoms with E-state index in [1.165, 1.54) is 7.11 Å². The fraction of sp³-hybridized carbons (Fsp3) is 0.636. The number of benzene rings is 1. The van der Waals surface area contributed by atoms with Crippen molar-refractivity contribution in [3.05, 3.63) is 35.9 Å². The van der Waals surface area contributed by atoms with Crippen molar-refractivity contribution in [3.63, 3.8) is 0 Å². The molecular weight excluding hydrogens is 340 g/mol. The fourth-order valence-electron chi connectivity index (χ4n) is 4.65. The van der Waals surface area contributed by atoms with Crippen molar-refractivity contribution in [2.45, 2.75) is 64.6 Å². The van der Waals surface area contributed by atoms with Gasteiger partial charge >= 0.3 is 5.97 Å². The van der Waals surface area contributed by atoms with Crippen LogP contribution in [0.4, 0.5) is 0 Å². The van der Waals surface area contributed by atoms with Gasteiger partial charge in [-0.15, -0.1) is 0 Å². The molecule has 0 aromatic heterocycles. The summed E-state index contributed by atoms with van der Waals surface area (Å²) in [6, 6.07) is 8.82. The van der Waals surface area contributed by atoms with Gasteiger partial charge in [-0.05, 0) is 56.4 Å². The average Bonchev–Trinajstić information content (AvgIpc) is 2.95. The number of carbonyl (C=O) groups is 2. The molecule has 0 spiro atoms. The summed E-state index contributed by atoms with van der Waals surface area (Å²) in [5, 5.41) is 6.56. The molecule has 2 saturated carbocycles. The lowest BCUT2D eigenvalue weighted by Crippen LogP contribution is -2.61. The van der Waals surface area contributed by atoms with E-state index in [2.05, 4.69) is 24.5 Å². The van der Waals surface area contributed by atoms with Crippen LogP contribution in [-0.4, -0.2) is 30.1 Å². The lowest BCUT2D eigenvalue weighted by molar-refractivity contribution is -0.145. The van der Waals surface area contributed by atoms with Crippen LogP contribution in [0.3, 0.4) is 0 Å².